The number of hydrogen-bond donors (Lipinski definition) is 1. The first-order chi connectivity index (χ1) is 12.3. The quantitative estimate of drug-likeness (QED) is 0.697. The minimum Gasteiger partial charge on any atom is -0.422 e. The molecule has 0 radical (unpaired) electrons. The van der Waals surface area contributed by atoms with Crippen molar-refractivity contribution < 1.29 is 14.0 Å². The van der Waals surface area contributed by atoms with E-state index in [1.807, 2.05) is 13.8 Å². The van der Waals surface area contributed by atoms with E-state index in [0.717, 1.165) is 11.3 Å². The van der Waals surface area contributed by atoms with Gasteiger partial charge < -0.3 is 4.42 Å². The van der Waals surface area contributed by atoms with Crippen LogP contribution < -0.4 is 10.9 Å². The lowest BCUT2D eigenvalue weighted by Gasteiger charge is -2.26. The zero-order valence-corrected chi connectivity index (χ0v) is 15.1. The number of benzene rings is 1. The van der Waals surface area contributed by atoms with Crippen LogP contribution in [0.25, 0.3) is 11.0 Å². The third-order valence-corrected chi connectivity index (χ3v) is 5.40. The summed E-state index contributed by atoms with van der Waals surface area (Å²) in [7, 11) is 0. The summed E-state index contributed by atoms with van der Waals surface area (Å²) in [6.45, 7) is 4.04. The minimum absolute atomic E-state index is 0.0412. The van der Waals surface area contributed by atoms with Gasteiger partial charge >= 0.3 is 5.63 Å². The Labute approximate surface area is 152 Å². The summed E-state index contributed by atoms with van der Waals surface area (Å²) < 4.78 is 5.19. The highest BCUT2D eigenvalue weighted by Crippen LogP contribution is 2.38. The van der Waals surface area contributed by atoms with Crippen LogP contribution in [0.4, 0.5) is 5.13 Å². The molecule has 0 aliphatic heterocycles. The molecule has 2 heterocycles. The summed E-state index contributed by atoms with van der Waals surface area (Å²) in [5.74, 6) is -0.554. The summed E-state index contributed by atoms with van der Waals surface area (Å²) >= 11 is 1.15. The molecule has 7 heteroatoms. The molecule has 1 amide bonds. The lowest BCUT2D eigenvalue weighted by atomic mass is 9.78. The third kappa shape index (κ3) is 2.94. The van der Waals surface area contributed by atoms with E-state index in [2.05, 4.69) is 10.3 Å². The summed E-state index contributed by atoms with van der Waals surface area (Å²) in [6, 6.07) is 8.48. The molecule has 2 aromatic heterocycles. The number of nitrogens with zero attached hydrogens (tertiary/aromatic N) is 1. The van der Waals surface area contributed by atoms with Gasteiger partial charge in [-0.25, -0.2) is 9.78 Å². The topological polar surface area (TPSA) is 89.3 Å². The van der Waals surface area contributed by atoms with Crippen molar-refractivity contribution in [1.29, 1.82) is 0 Å². The number of thiazole rings is 1. The van der Waals surface area contributed by atoms with Crippen LogP contribution in [0.1, 0.15) is 46.0 Å². The average molecular weight is 368 g/mol. The largest absolute Gasteiger partial charge is 0.422 e. The van der Waals surface area contributed by atoms with E-state index in [4.69, 9.17) is 4.42 Å². The van der Waals surface area contributed by atoms with E-state index in [9.17, 15) is 14.4 Å². The van der Waals surface area contributed by atoms with Gasteiger partial charge in [0.1, 0.15) is 11.1 Å². The van der Waals surface area contributed by atoms with Crippen molar-refractivity contribution in [2.24, 2.45) is 5.41 Å². The first kappa shape index (κ1) is 16.7. The number of amides is 1. The zero-order valence-electron chi connectivity index (χ0n) is 14.3. The Kier molecular flexibility index (Phi) is 3.77. The lowest BCUT2D eigenvalue weighted by Crippen LogP contribution is -2.26. The number of aromatic nitrogens is 1. The number of nitrogens with one attached hydrogen (secondary N) is 1. The molecule has 1 aliphatic carbocycles. The standard InChI is InChI=1S/C19H16N2O4S/c1-19(2)8-12-15(13(22)9-19)26-18(20-12)21-16(23)11-7-10-5-3-4-6-14(10)25-17(11)24/h3-7H,8-9H2,1-2H3,(H,20,21,23). The van der Waals surface area contributed by atoms with Gasteiger partial charge in [-0.15, -0.1) is 0 Å². The van der Waals surface area contributed by atoms with E-state index >= 15 is 0 Å². The Bertz CT molecular complexity index is 1110. The Morgan fingerprint density at radius 2 is 2.00 bits per heavy atom. The van der Waals surface area contributed by atoms with Gasteiger partial charge in [0.25, 0.3) is 5.91 Å². The predicted molar refractivity (Wildman–Crippen MR) is 99.0 cm³/mol. The molecule has 1 aliphatic rings. The normalized spacial score (nSPS) is 15.7. The fraction of sp³-hybridized carbons (Fsp3) is 0.263. The highest BCUT2D eigenvalue weighted by molar-refractivity contribution is 7.17. The van der Waals surface area contributed by atoms with Crippen LogP contribution in [-0.2, 0) is 6.42 Å². The van der Waals surface area contributed by atoms with Crippen LogP contribution in [0.5, 0.6) is 0 Å². The second kappa shape index (κ2) is 5.88. The number of Topliss-reactive ketones (excluding diaryl/α,β-unsaturated/α-hetero) is 1. The number of hydrogen-bond acceptors (Lipinski definition) is 6. The number of anilines is 1. The molecule has 132 valence electrons. The van der Waals surface area contributed by atoms with E-state index in [0.29, 0.717) is 39.5 Å². The number of carbonyl (C=O) groups excluding carboxylic acids is 2. The molecule has 26 heavy (non-hydrogen) atoms. The van der Waals surface area contributed by atoms with E-state index in [1.165, 1.54) is 6.07 Å². The SMILES string of the molecule is CC1(C)CC(=O)c2sc(NC(=O)c3cc4ccccc4oc3=O)nc2C1. The maximum absolute atomic E-state index is 12.5. The first-order valence-electron chi connectivity index (χ1n) is 8.19. The summed E-state index contributed by atoms with van der Waals surface area (Å²) in [4.78, 5) is 41.8. The van der Waals surface area contributed by atoms with Crippen LogP contribution in [0.2, 0.25) is 0 Å². The van der Waals surface area contributed by atoms with E-state index < -0.39 is 11.5 Å². The van der Waals surface area contributed by atoms with Crippen molar-refractivity contribution >= 4 is 39.1 Å². The highest BCUT2D eigenvalue weighted by Gasteiger charge is 2.34. The van der Waals surface area contributed by atoms with Gasteiger partial charge in [-0.05, 0) is 24.0 Å². The maximum atomic E-state index is 12.5. The smallest absolute Gasteiger partial charge is 0.349 e. The molecule has 1 N–H and O–H groups in total. The molecule has 6 nitrogen and oxygen atoms in total. The number of ketones is 1. The molecule has 0 spiro atoms. The second-order valence-corrected chi connectivity index (χ2v) is 8.17. The Balaban J connectivity index is 1.65. The third-order valence-electron chi connectivity index (χ3n) is 4.34. The van der Waals surface area contributed by atoms with Crippen LogP contribution in [0.15, 0.2) is 39.5 Å². The van der Waals surface area contributed by atoms with Gasteiger partial charge in [-0.3, -0.25) is 14.9 Å². The summed E-state index contributed by atoms with van der Waals surface area (Å²) in [5.41, 5.74) is 0.186. The molecule has 0 bridgehead atoms. The number of para-hydroxylation sites is 1. The van der Waals surface area contributed by atoms with Crippen molar-refractivity contribution in [2.45, 2.75) is 26.7 Å². The summed E-state index contributed by atoms with van der Waals surface area (Å²) in [6.07, 6.45) is 1.14. The van der Waals surface area contributed by atoms with Gasteiger partial charge in [0, 0.05) is 11.8 Å². The number of fused-ring (bicyclic) bond motifs is 2. The van der Waals surface area contributed by atoms with E-state index in [-0.39, 0.29) is 16.8 Å². The molecular formula is C19H16N2O4S. The molecule has 0 atom stereocenters. The molecule has 0 fully saturated rings. The first-order valence-corrected chi connectivity index (χ1v) is 9.01. The lowest BCUT2D eigenvalue weighted by molar-refractivity contribution is 0.0915. The van der Waals surface area contributed by atoms with Crippen LogP contribution in [0.3, 0.4) is 0 Å². The molecule has 0 saturated heterocycles. The molecule has 0 saturated carbocycles. The van der Waals surface area contributed by atoms with Crippen molar-refractivity contribution in [2.75, 3.05) is 5.32 Å². The summed E-state index contributed by atoms with van der Waals surface area (Å²) in [5, 5.41) is 3.60. The monoisotopic (exact) mass is 368 g/mol. The number of carbonyl (C=O) groups is 2. The van der Waals surface area contributed by atoms with Crippen LogP contribution in [0, 0.1) is 5.41 Å². The van der Waals surface area contributed by atoms with Gasteiger partial charge in [-0.2, -0.15) is 0 Å². The molecule has 0 unspecified atom stereocenters. The van der Waals surface area contributed by atoms with Gasteiger partial charge in [-0.1, -0.05) is 43.4 Å². The van der Waals surface area contributed by atoms with Crippen molar-refractivity contribution in [3.05, 3.63) is 56.9 Å². The predicted octanol–water partition coefficient (Wildman–Crippen LogP) is 3.66. The van der Waals surface area contributed by atoms with Crippen molar-refractivity contribution in [3.8, 4) is 0 Å². The average Bonchev–Trinajstić information content (AvgIpc) is 2.95. The molecule has 4 rings (SSSR count). The van der Waals surface area contributed by atoms with Crippen LogP contribution >= 0.6 is 11.3 Å². The second-order valence-electron chi connectivity index (χ2n) is 7.18. The molecule has 1 aromatic carbocycles. The fourth-order valence-corrected chi connectivity index (χ4v) is 4.07. The van der Waals surface area contributed by atoms with Crippen molar-refractivity contribution in [3.63, 3.8) is 0 Å². The maximum Gasteiger partial charge on any atom is 0.349 e. The van der Waals surface area contributed by atoms with Gasteiger partial charge in [0.2, 0.25) is 0 Å². The van der Waals surface area contributed by atoms with Gasteiger partial charge in [0.05, 0.1) is 10.6 Å². The zero-order chi connectivity index (χ0) is 18.5. The Morgan fingerprint density at radius 3 is 2.81 bits per heavy atom. The highest BCUT2D eigenvalue weighted by atomic mass is 32.1. The number of rotatable bonds is 2. The molecular weight excluding hydrogens is 352 g/mol. The van der Waals surface area contributed by atoms with Crippen LogP contribution in [-0.4, -0.2) is 16.7 Å². The van der Waals surface area contributed by atoms with E-state index in [1.54, 1.807) is 24.3 Å². The molecule has 3 aromatic rings. The minimum atomic E-state index is -0.709. The Hall–Kier alpha value is -2.80. The fourth-order valence-electron chi connectivity index (χ4n) is 3.16. The van der Waals surface area contributed by atoms with Gasteiger partial charge in [0.15, 0.2) is 10.9 Å². The van der Waals surface area contributed by atoms with Crippen molar-refractivity contribution in [1.82, 2.24) is 4.98 Å². The Morgan fingerprint density at radius 1 is 1.23 bits per heavy atom.